The number of carbonyl (C=O) groups is 2. The Morgan fingerprint density at radius 1 is 1.07 bits per heavy atom. The van der Waals surface area contributed by atoms with Crippen LogP contribution in [0, 0.1) is 13.8 Å². The first-order valence-corrected chi connectivity index (χ1v) is 10.9. The summed E-state index contributed by atoms with van der Waals surface area (Å²) in [5, 5.41) is 2.58. The van der Waals surface area contributed by atoms with Crippen molar-refractivity contribution in [2.24, 2.45) is 0 Å². The molecule has 0 heterocycles. The lowest BCUT2D eigenvalue weighted by Gasteiger charge is -2.31. The molecule has 28 heavy (non-hydrogen) atoms. The van der Waals surface area contributed by atoms with Gasteiger partial charge in [-0.05, 0) is 36.6 Å². The van der Waals surface area contributed by atoms with E-state index in [1.807, 2.05) is 65.0 Å². The zero-order valence-corrected chi connectivity index (χ0v) is 18.1. The average Bonchev–Trinajstić information content (AvgIpc) is 2.66. The average molecular weight is 397 g/mol. The number of nitrogens with one attached hydrogen (secondary N) is 1. The largest absolute Gasteiger partial charge is 0.348 e. The van der Waals surface area contributed by atoms with Crippen molar-refractivity contribution >= 4 is 23.9 Å². The van der Waals surface area contributed by atoms with Crippen LogP contribution in [0.4, 0.5) is 0 Å². The number of amides is 1. The van der Waals surface area contributed by atoms with Gasteiger partial charge in [0.25, 0.3) is 0 Å². The molecule has 0 saturated heterocycles. The van der Waals surface area contributed by atoms with Crippen molar-refractivity contribution in [1.29, 1.82) is 0 Å². The van der Waals surface area contributed by atoms with Crippen LogP contribution in [0.15, 0.2) is 55.1 Å². The molecule has 0 fully saturated rings. The van der Waals surface area contributed by atoms with Crippen LogP contribution < -0.4 is 10.6 Å². The van der Waals surface area contributed by atoms with Gasteiger partial charge in [0.2, 0.25) is 11.4 Å². The predicted molar refractivity (Wildman–Crippen MR) is 116 cm³/mol. The molecule has 0 saturated carbocycles. The molecule has 0 bridgehead atoms. The topological polar surface area (TPSA) is 63.2 Å². The summed E-state index contributed by atoms with van der Waals surface area (Å²) in [6.45, 7) is 13.0. The Labute approximate surface area is 167 Å². The third-order valence-corrected chi connectivity index (χ3v) is 8.70. The molecule has 0 radical (unpaired) electrons. The molecular formula is C23H28NO3P. The van der Waals surface area contributed by atoms with Crippen molar-refractivity contribution < 1.29 is 14.2 Å². The van der Waals surface area contributed by atoms with E-state index in [2.05, 4.69) is 11.9 Å². The molecule has 1 atom stereocenters. The molecule has 1 amide bonds. The maximum atomic E-state index is 14.2. The molecule has 0 aliphatic heterocycles. The number of carbonyl (C=O) groups excluding carboxylic acids is 2. The highest BCUT2D eigenvalue weighted by Crippen LogP contribution is 2.59. The predicted octanol–water partition coefficient (Wildman–Crippen LogP) is 4.73. The summed E-state index contributed by atoms with van der Waals surface area (Å²) in [5.41, 5.74) is 2.49. The molecule has 2 rings (SSSR count). The molecule has 2 aromatic rings. The molecule has 1 N–H and O–H groups in total. The molecule has 0 aliphatic carbocycles. The normalized spacial score (nSPS) is 13.5. The molecule has 4 nitrogen and oxygen atoms in total. The third kappa shape index (κ3) is 4.02. The van der Waals surface area contributed by atoms with Gasteiger partial charge in [-0.1, -0.05) is 69.8 Å². The van der Waals surface area contributed by atoms with Crippen LogP contribution in [0.3, 0.4) is 0 Å². The maximum absolute atomic E-state index is 14.2. The first-order valence-electron chi connectivity index (χ1n) is 9.24. The van der Waals surface area contributed by atoms with Crippen molar-refractivity contribution in [3.8, 4) is 0 Å². The fourth-order valence-corrected chi connectivity index (χ4v) is 6.14. The number of hydrogen-bond acceptors (Lipinski definition) is 3. The van der Waals surface area contributed by atoms with Crippen LogP contribution >= 0.6 is 7.14 Å². The van der Waals surface area contributed by atoms with Gasteiger partial charge in [0.1, 0.15) is 0 Å². The number of aryl methyl sites for hydroxylation is 1. The Kier molecular flexibility index (Phi) is 6.46. The Balaban J connectivity index is 2.61. The lowest BCUT2D eigenvalue weighted by atomic mass is 9.98. The molecule has 1 unspecified atom stereocenters. The monoisotopic (exact) mass is 397 g/mol. The summed E-state index contributed by atoms with van der Waals surface area (Å²) < 4.78 is 14.2. The standard InChI is InChI=1S/C23H28NO3P/c1-7-20(25)24-15-18-14-13-16(2)21(17(18)3)22(26)28(27,23(4,5)6)19-11-9-8-10-12-19/h7-14H,1,15H2,2-6H3,(H,24,25). The van der Waals surface area contributed by atoms with Crippen molar-refractivity contribution in [3.63, 3.8) is 0 Å². The smallest absolute Gasteiger partial charge is 0.243 e. The van der Waals surface area contributed by atoms with Crippen LogP contribution in [0.1, 0.15) is 47.8 Å². The summed E-state index contributed by atoms with van der Waals surface area (Å²) in [4.78, 5) is 25.3. The van der Waals surface area contributed by atoms with E-state index in [1.54, 1.807) is 12.1 Å². The Hall–Kier alpha value is -2.45. The zero-order valence-electron chi connectivity index (χ0n) is 17.2. The second kappa shape index (κ2) is 8.28. The summed E-state index contributed by atoms with van der Waals surface area (Å²) in [5.74, 6) is -0.280. The Morgan fingerprint density at radius 2 is 1.68 bits per heavy atom. The fraction of sp³-hybridized carbons (Fsp3) is 0.304. The van der Waals surface area contributed by atoms with Crippen molar-refractivity contribution in [3.05, 3.63) is 77.4 Å². The van der Waals surface area contributed by atoms with E-state index in [0.29, 0.717) is 10.9 Å². The van der Waals surface area contributed by atoms with Gasteiger partial charge in [-0.15, -0.1) is 0 Å². The lowest BCUT2D eigenvalue weighted by molar-refractivity contribution is -0.116. The first-order chi connectivity index (χ1) is 13.0. The fourth-order valence-electron chi connectivity index (χ4n) is 3.27. The summed E-state index contributed by atoms with van der Waals surface area (Å²) in [7, 11) is -3.43. The molecule has 2 aromatic carbocycles. The van der Waals surface area contributed by atoms with Crippen LogP contribution in [-0.4, -0.2) is 16.6 Å². The van der Waals surface area contributed by atoms with E-state index in [9.17, 15) is 14.2 Å². The quantitative estimate of drug-likeness (QED) is 0.566. The van der Waals surface area contributed by atoms with Crippen LogP contribution in [0.2, 0.25) is 0 Å². The molecule has 5 heteroatoms. The molecule has 0 aliphatic rings. The molecule has 0 aromatic heterocycles. The number of hydrogen-bond donors (Lipinski definition) is 1. The molecule has 148 valence electrons. The highest BCUT2D eigenvalue weighted by molar-refractivity contribution is 7.88. The lowest BCUT2D eigenvalue weighted by Crippen LogP contribution is -2.29. The second-order valence-corrected chi connectivity index (χ2v) is 11.4. The van der Waals surface area contributed by atoms with Crippen molar-refractivity contribution in [2.75, 3.05) is 0 Å². The van der Waals surface area contributed by atoms with E-state index in [4.69, 9.17) is 0 Å². The van der Waals surface area contributed by atoms with E-state index < -0.39 is 12.3 Å². The van der Waals surface area contributed by atoms with Gasteiger partial charge in [0.15, 0.2) is 7.14 Å². The minimum Gasteiger partial charge on any atom is -0.348 e. The van der Waals surface area contributed by atoms with Gasteiger partial charge in [0, 0.05) is 22.6 Å². The van der Waals surface area contributed by atoms with Gasteiger partial charge in [-0.3, -0.25) is 9.59 Å². The SMILES string of the molecule is C=CC(=O)NCc1ccc(C)c(C(=O)P(=O)(c2ccccc2)C(C)(C)C)c1C. The van der Waals surface area contributed by atoms with Crippen LogP contribution in [0.25, 0.3) is 0 Å². The highest BCUT2D eigenvalue weighted by Gasteiger charge is 2.46. The number of rotatable bonds is 6. The number of benzene rings is 2. The Morgan fingerprint density at radius 3 is 2.21 bits per heavy atom. The zero-order chi connectivity index (χ0) is 21.1. The van der Waals surface area contributed by atoms with E-state index in [-0.39, 0.29) is 18.0 Å². The van der Waals surface area contributed by atoms with Gasteiger partial charge in [0.05, 0.1) is 0 Å². The summed E-state index contributed by atoms with van der Waals surface area (Å²) in [6.07, 6.45) is 1.21. The van der Waals surface area contributed by atoms with Crippen LogP contribution in [-0.2, 0) is 15.9 Å². The van der Waals surface area contributed by atoms with Crippen molar-refractivity contribution in [2.45, 2.75) is 46.3 Å². The second-order valence-electron chi connectivity index (χ2n) is 7.88. The summed E-state index contributed by atoms with van der Waals surface area (Å²) >= 11 is 0. The van der Waals surface area contributed by atoms with E-state index >= 15 is 0 Å². The van der Waals surface area contributed by atoms with Crippen molar-refractivity contribution in [1.82, 2.24) is 5.32 Å². The van der Waals surface area contributed by atoms with Gasteiger partial charge in [-0.2, -0.15) is 0 Å². The van der Waals surface area contributed by atoms with Crippen LogP contribution in [0.5, 0.6) is 0 Å². The minimum absolute atomic E-state index is 0.280. The molecular weight excluding hydrogens is 369 g/mol. The highest BCUT2D eigenvalue weighted by atomic mass is 31.2. The maximum Gasteiger partial charge on any atom is 0.243 e. The van der Waals surface area contributed by atoms with E-state index in [1.165, 1.54) is 6.08 Å². The van der Waals surface area contributed by atoms with E-state index in [0.717, 1.165) is 16.7 Å². The van der Waals surface area contributed by atoms with Gasteiger partial charge < -0.3 is 9.88 Å². The van der Waals surface area contributed by atoms with Gasteiger partial charge >= 0.3 is 0 Å². The van der Waals surface area contributed by atoms with Gasteiger partial charge in [-0.25, -0.2) is 0 Å². The minimum atomic E-state index is -3.43. The summed E-state index contributed by atoms with van der Waals surface area (Å²) in [6, 6.07) is 12.7. The molecule has 0 spiro atoms. The Bertz CT molecular complexity index is 956. The first kappa shape index (κ1) is 21.8. The third-order valence-electron chi connectivity index (χ3n) is 4.99.